The highest BCUT2D eigenvalue weighted by Gasteiger charge is 2.19. The maximum atomic E-state index is 12.2. The SMILES string of the molecule is O=C(COc1ccc(CN(CCCO)CC(O)Cn2c3ccccc3c3ccccc32)cc1)N1CCCC1. The van der Waals surface area contributed by atoms with E-state index >= 15 is 0 Å². The predicted octanol–water partition coefficient (Wildman–Crippen LogP) is 4.04. The second kappa shape index (κ2) is 12.4. The van der Waals surface area contributed by atoms with Gasteiger partial charge in [-0.1, -0.05) is 48.5 Å². The van der Waals surface area contributed by atoms with E-state index < -0.39 is 6.10 Å². The number of nitrogens with zero attached hydrogens (tertiary/aromatic N) is 3. The van der Waals surface area contributed by atoms with Crippen molar-refractivity contribution in [3.63, 3.8) is 0 Å². The number of rotatable bonds is 12. The molecule has 0 saturated carbocycles. The van der Waals surface area contributed by atoms with Gasteiger partial charge in [0.15, 0.2) is 6.61 Å². The van der Waals surface area contributed by atoms with Crippen molar-refractivity contribution in [1.82, 2.24) is 14.4 Å². The summed E-state index contributed by atoms with van der Waals surface area (Å²) in [6, 6.07) is 24.4. The van der Waals surface area contributed by atoms with Crippen LogP contribution in [0.3, 0.4) is 0 Å². The first-order valence-corrected chi connectivity index (χ1v) is 13.6. The number of hydrogen-bond donors (Lipinski definition) is 2. The number of fused-ring (bicyclic) bond motifs is 3. The lowest BCUT2D eigenvalue weighted by molar-refractivity contribution is -0.132. The van der Waals surface area contributed by atoms with Gasteiger partial charge >= 0.3 is 0 Å². The third-order valence-electron chi connectivity index (χ3n) is 7.33. The molecule has 2 N–H and O–H groups in total. The van der Waals surface area contributed by atoms with Crippen LogP contribution < -0.4 is 4.74 Å². The van der Waals surface area contributed by atoms with Crippen LogP contribution in [0.25, 0.3) is 21.8 Å². The monoisotopic (exact) mass is 515 g/mol. The second-order valence-corrected chi connectivity index (χ2v) is 10.1. The molecule has 1 aromatic heterocycles. The summed E-state index contributed by atoms with van der Waals surface area (Å²) in [5.74, 6) is 0.716. The molecule has 0 radical (unpaired) electrons. The smallest absolute Gasteiger partial charge is 0.260 e. The summed E-state index contributed by atoms with van der Waals surface area (Å²) in [7, 11) is 0. The normalized spacial score (nSPS) is 14.6. The highest BCUT2D eigenvalue weighted by Crippen LogP contribution is 2.29. The van der Waals surface area contributed by atoms with E-state index in [2.05, 4.69) is 33.7 Å². The molecule has 2 heterocycles. The highest BCUT2D eigenvalue weighted by atomic mass is 16.5. The van der Waals surface area contributed by atoms with Crippen molar-refractivity contribution >= 4 is 27.7 Å². The average molecular weight is 516 g/mol. The largest absolute Gasteiger partial charge is 0.484 e. The van der Waals surface area contributed by atoms with Gasteiger partial charge in [0, 0.05) is 61.1 Å². The lowest BCUT2D eigenvalue weighted by atomic mass is 10.2. The van der Waals surface area contributed by atoms with E-state index in [0.717, 1.165) is 42.5 Å². The molecule has 3 aromatic carbocycles. The predicted molar refractivity (Wildman–Crippen MR) is 150 cm³/mol. The van der Waals surface area contributed by atoms with Crippen LogP contribution in [0.1, 0.15) is 24.8 Å². The molecule has 7 heteroatoms. The molecule has 1 atom stereocenters. The van der Waals surface area contributed by atoms with Crippen molar-refractivity contribution in [2.24, 2.45) is 0 Å². The fourth-order valence-electron chi connectivity index (χ4n) is 5.45. The average Bonchev–Trinajstić information content (AvgIpc) is 3.59. The van der Waals surface area contributed by atoms with Crippen molar-refractivity contribution in [3.05, 3.63) is 78.4 Å². The molecule has 38 heavy (non-hydrogen) atoms. The van der Waals surface area contributed by atoms with E-state index in [1.165, 1.54) is 10.8 Å². The molecule has 1 saturated heterocycles. The maximum Gasteiger partial charge on any atom is 0.260 e. The van der Waals surface area contributed by atoms with Gasteiger partial charge in [-0.2, -0.15) is 0 Å². The van der Waals surface area contributed by atoms with Crippen LogP contribution in [0, 0.1) is 0 Å². The molecule has 0 bridgehead atoms. The summed E-state index contributed by atoms with van der Waals surface area (Å²) in [5.41, 5.74) is 3.33. The number of benzene rings is 3. The van der Waals surface area contributed by atoms with Gasteiger partial charge in [-0.25, -0.2) is 0 Å². The zero-order valence-electron chi connectivity index (χ0n) is 21.8. The van der Waals surface area contributed by atoms with Crippen LogP contribution >= 0.6 is 0 Å². The Labute approximate surface area is 223 Å². The number of aliphatic hydroxyl groups is 2. The fraction of sp³-hybridized carbons (Fsp3) is 0.387. The van der Waals surface area contributed by atoms with Crippen LogP contribution in [0.15, 0.2) is 72.8 Å². The quantitative estimate of drug-likeness (QED) is 0.298. The summed E-state index contributed by atoms with van der Waals surface area (Å²) < 4.78 is 7.92. The molecule has 200 valence electrons. The molecular weight excluding hydrogens is 478 g/mol. The maximum absolute atomic E-state index is 12.2. The lowest BCUT2D eigenvalue weighted by Gasteiger charge is -2.26. The van der Waals surface area contributed by atoms with Crippen LogP contribution in [0.4, 0.5) is 0 Å². The molecule has 1 aliphatic heterocycles. The molecule has 5 rings (SSSR count). The molecule has 1 fully saturated rings. The number of carbonyl (C=O) groups is 1. The van der Waals surface area contributed by atoms with Crippen LogP contribution in [0.2, 0.25) is 0 Å². The van der Waals surface area contributed by atoms with E-state index in [0.29, 0.717) is 38.3 Å². The highest BCUT2D eigenvalue weighted by molar-refractivity contribution is 6.07. The summed E-state index contributed by atoms with van der Waals surface area (Å²) in [4.78, 5) is 16.3. The van der Waals surface area contributed by atoms with Crippen molar-refractivity contribution in [2.45, 2.75) is 38.5 Å². The molecule has 1 aliphatic rings. The number of aromatic nitrogens is 1. The Balaban J connectivity index is 1.22. The standard InChI is InChI=1S/C31H37N3O4/c35-19-7-16-32(20-24-12-14-26(15-13-24)38-23-31(37)33-17-5-6-18-33)21-25(36)22-34-29-10-3-1-8-27(29)28-9-2-4-11-30(28)34/h1-4,8-15,25,35-36H,5-7,16-23H2. The van der Waals surface area contributed by atoms with Crippen LogP contribution in [-0.2, 0) is 17.9 Å². The molecule has 1 unspecified atom stereocenters. The van der Waals surface area contributed by atoms with Gasteiger partial charge in [-0.3, -0.25) is 9.69 Å². The van der Waals surface area contributed by atoms with E-state index in [1.54, 1.807) is 0 Å². The summed E-state index contributed by atoms with van der Waals surface area (Å²) in [6.45, 7) is 4.14. The lowest BCUT2D eigenvalue weighted by Crippen LogP contribution is -2.35. The number of ether oxygens (including phenoxy) is 1. The van der Waals surface area contributed by atoms with Crippen molar-refractivity contribution in [3.8, 4) is 5.75 Å². The molecule has 0 aliphatic carbocycles. The molecule has 4 aromatic rings. The Morgan fingerprint density at radius 2 is 1.55 bits per heavy atom. The van der Waals surface area contributed by atoms with Gasteiger partial charge in [-0.15, -0.1) is 0 Å². The van der Waals surface area contributed by atoms with Crippen molar-refractivity contribution in [2.75, 3.05) is 39.4 Å². The molecular formula is C31H37N3O4. The van der Waals surface area contributed by atoms with E-state index in [-0.39, 0.29) is 19.1 Å². The zero-order chi connectivity index (χ0) is 26.3. The van der Waals surface area contributed by atoms with Gasteiger partial charge < -0.3 is 24.4 Å². The Morgan fingerprint density at radius 3 is 2.18 bits per heavy atom. The number of hydrogen-bond acceptors (Lipinski definition) is 5. The van der Waals surface area contributed by atoms with E-state index in [1.807, 2.05) is 53.4 Å². The van der Waals surface area contributed by atoms with Gasteiger partial charge in [0.25, 0.3) is 5.91 Å². The molecule has 1 amide bonds. The number of aliphatic hydroxyl groups excluding tert-OH is 2. The summed E-state index contributed by atoms with van der Waals surface area (Å²) in [6.07, 6.45) is 2.20. The Hall–Kier alpha value is -3.39. The summed E-state index contributed by atoms with van der Waals surface area (Å²) in [5, 5.41) is 23.0. The fourth-order valence-corrected chi connectivity index (χ4v) is 5.45. The van der Waals surface area contributed by atoms with E-state index in [9.17, 15) is 15.0 Å². The van der Waals surface area contributed by atoms with Crippen molar-refractivity contribution in [1.29, 1.82) is 0 Å². The van der Waals surface area contributed by atoms with Gasteiger partial charge in [0.1, 0.15) is 5.75 Å². The third-order valence-corrected chi connectivity index (χ3v) is 7.33. The minimum atomic E-state index is -0.577. The number of carbonyl (C=O) groups excluding carboxylic acids is 1. The Morgan fingerprint density at radius 1 is 0.921 bits per heavy atom. The third kappa shape index (κ3) is 6.18. The van der Waals surface area contributed by atoms with E-state index in [4.69, 9.17) is 4.74 Å². The summed E-state index contributed by atoms with van der Waals surface area (Å²) >= 11 is 0. The first kappa shape index (κ1) is 26.2. The van der Waals surface area contributed by atoms with Gasteiger partial charge in [0.05, 0.1) is 12.6 Å². The van der Waals surface area contributed by atoms with Crippen LogP contribution in [0.5, 0.6) is 5.75 Å². The second-order valence-electron chi connectivity index (χ2n) is 10.1. The minimum absolute atomic E-state index is 0.0407. The van der Waals surface area contributed by atoms with Gasteiger partial charge in [0.2, 0.25) is 0 Å². The minimum Gasteiger partial charge on any atom is -0.484 e. The molecule has 0 spiro atoms. The van der Waals surface area contributed by atoms with Crippen LogP contribution in [-0.4, -0.2) is 76.0 Å². The Bertz CT molecular complexity index is 1290. The first-order chi connectivity index (χ1) is 18.6. The number of likely N-dealkylation sites (tertiary alicyclic amines) is 1. The number of amides is 1. The zero-order valence-corrected chi connectivity index (χ0v) is 21.8. The molecule has 7 nitrogen and oxygen atoms in total. The van der Waals surface area contributed by atoms with Crippen molar-refractivity contribution < 1.29 is 19.7 Å². The van der Waals surface area contributed by atoms with Gasteiger partial charge in [-0.05, 0) is 49.1 Å². The first-order valence-electron chi connectivity index (χ1n) is 13.6. The topological polar surface area (TPSA) is 78.2 Å². The number of para-hydroxylation sites is 2. The Kier molecular flexibility index (Phi) is 8.58.